The average Bonchev–Trinajstić information content (AvgIpc) is 2.04. The van der Waals surface area contributed by atoms with Crippen LogP contribution in [0.4, 0.5) is 0 Å². The summed E-state index contributed by atoms with van der Waals surface area (Å²) < 4.78 is 5.41. The maximum atomic E-state index is 5.63. The number of hydrogen-bond donors (Lipinski definition) is 1. The standard InChI is InChI=1S/C9H11NO/c10-9-6-5-7-3-1-2-4-8(7)11-9/h1-4,9H,5-6,10H2/t9-/m0/s1. The fourth-order valence-electron chi connectivity index (χ4n) is 1.35. The molecule has 1 aliphatic rings. The Hall–Kier alpha value is -1.02. The molecule has 2 N–H and O–H groups in total. The molecular weight excluding hydrogens is 138 g/mol. The third-order valence-corrected chi connectivity index (χ3v) is 1.95. The van der Waals surface area contributed by atoms with E-state index in [0.717, 1.165) is 18.6 Å². The Morgan fingerprint density at radius 2 is 2.18 bits per heavy atom. The second-order valence-corrected chi connectivity index (χ2v) is 2.80. The van der Waals surface area contributed by atoms with Gasteiger partial charge in [0.05, 0.1) is 0 Å². The first kappa shape index (κ1) is 6.68. The SMILES string of the molecule is N[C@@H]1CCc2ccccc2O1. The van der Waals surface area contributed by atoms with Crippen molar-refractivity contribution in [2.45, 2.75) is 19.1 Å². The van der Waals surface area contributed by atoms with Gasteiger partial charge in [-0.15, -0.1) is 0 Å². The van der Waals surface area contributed by atoms with Crippen molar-refractivity contribution < 1.29 is 4.74 Å². The van der Waals surface area contributed by atoms with Crippen LogP contribution in [0.25, 0.3) is 0 Å². The summed E-state index contributed by atoms with van der Waals surface area (Å²) in [5.41, 5.74) is 6.90. The first-order valence-electron chi connectivity index (χ1n) is 3.86. The van der Waals surface area contributed by atoms with Crippen molar-refractivity contribution in [2.24, 2.45) is 5.73 Å². The van der Waals surface area contributed by atoms with Gasteiger partial charge in [-0.3, -0.25) is 5.73 Å². The predicted molar refractivity (Wildman–Crippen MR) is 43.4 cm³/mol. The van der Waals surface area contributed by atoms with Crippen LogP contribution in [0.3, 0.4) is 0 Å². The van der Waals surface area contributed by atoms with E-state index in [-0.39, 0.29) is 6.23 Å². The first-order valence-corrected chi connectivity index (χ1v) is 3.86. The number of rotatable bonds is 0. The van der Waals surface area contributed by atoms with Crippen LogP contribution in [0.15, 0.2) is 24.3 Å². The van der Waals surface area contributed by atoms with Crippen molar-refractivity contribution in [2.75, 3.05) is 0 Å². The van der Waals surface area contributed by atoms with Crippen molar-refractivity contribution in [1.82, 2.24) is 0 Å². The molecule has 0 aromatic heterocycles. The third-order valence-electron chi connectivity index (χ3n) is 1.95. The lowest BCUT2D eigenvalue weighted by molar-refractivity contribution is 0.181. The van der Waals surface area contributed by atoms with E-state index in [1.54, 1.807) is 0 Å². The molecule has 1 aromatic carbocycles. The molecule has 11 heavy (non-hydrogen) atoms. The maximum Gasteiger partial charge on any atom is 0.148 e. The van der Waals surface area contributed by atoms with Gasteiger partial charge in [0.15, 0.2) is 0 Å². The molecule has 0 amide bonds. The second kappa shape index (κ2) is 2.55. The third kappa shape index (κ3) is 1.21. The van der Waals surface area contributed by atoms with E-state index >= 15 is 0 Å². The summed E-state index contributed by atoms with van der Waals surface area (Å²) in [7, 11) is 0. The average molecular weight is 149 g/mol. The van der Waals surface area contributed by atoms with E-state index in [2.05, 4.69) is 6.07 Å². The zero-order valence-corrected chi connectivity index (χ0v) is 6.29. The molecular formula is C9H11NO. The van der Waals surface area contributed by atoms with Gasteiger partial charge in [-0.2, -0.15) is 0 Å². The van der Waals surface area contributed by atoms with Crippen molar-refractivity contribution in [3.05, 3.63) is 29.8 Å². The number of aryl methyl sites for hydroxylation is 1. The lowest BCUT2D eigenvalue weighted by atomic mass is 10.1. The molecule has 2 heteroatoms. The van der Waals surface area contributed by atoms with Gasteiger partial charge in [0.2, 0.25) is 0 Å². The van der Waals surface area contributed by atoms with Gasteiger partial charge in [-0.1, -0.05) is 18.2 Å². The summed E-state index contributed by atoms with van der Waals surface area (Å²) in [5.74, 6) is 0.950. The lowest BCUT2D eigenvalue weighted by Crippen LogP contribution is -2.30. The van der Waals surface area contributed by atoms with Gasteiger partial charge >= 0.3 is 0 Å². The zero-order chi connectivity index (χ0) is 7.68. The van der Waals surface area contributed by atoms with Crippen LogP contribution < -0.4 is 10.5 Å². The number of nitrogens with two attached hydrogens (primary N) is 1. The summed E-state index contributed by atoms with van der Waals surface area (Å²) in [5, 5.41) is 0. The van der Waals surface area contributed by atoms with E-state index in [9.17, 15) is 0 Å². The monoisotopic (exact) mass is 149 g/mol. The Morgan fingerprint density at radius 1 is 1.36 bits per heavy atom. The molecule has 1 aromatic rings. The van der Waals surface area contributed by atoms with Gasteiger partial charge in [0.1, 0.15) is 12.0 Å². The topological polar surface area (TPSA) is 35.2 Å². The Kier molecular flexibility index (Phi) is 1.55. The van der Waals surface area contributed by atoms with E-state index in [1.165, 1.54) is 5.56 Å². The summed E-state index contributed by atoms with van der Waals surface area (Å²) in [4.78, 5) is 0. The highest BCUT2D eigenvalue weighted by Gasteiger charge is 2.14. The fraction of sp³-hybridized carbons (Fsp3) is 0.333. The van der Waals surface area contributed by atoms with Crippen LogP contribution in [-0.4, -0.2) is 6.23 Å². The molecule has 0 unspecified atom stereocenters. The molecule has 2 nitrogen and oxygen atoms in total. The van der Waals surface area contributed by atoms with Crippen LogP contribution in [-0.2, 0) is 6.42 Å². The van der Waals surface area contributed by atoms with Crippen molar-refractivity contribution >= 4 is 0 Å². The Balaban J connectivity index is 2.34. The highest BCUT2D eigenvalue weighted by Crippen LogP contribution is 2.24. The fourth-order valence-corrected chi connectivity index (χ4v) is 1.35. The summed E-state index contributed by atoms with van der Waals surface area (Å²) >= 11 is 0. The molecule has 2 rings (SSSR count). The molecule has 0 spiro atoms. The summed E-state index contributed by atoms with van der Waals surface area (Å²) in [6, 6.07) is 8.05. The van der Waals surface area contributed by atoms with Crippen LogP contribution in [0, 0.1) is 0 Å². The molecule has 0 saturated carbocycles. The predicted octanol–water partition coefficient (Wildman–Crippen LogP) is 1.30. The van der Waals surface area contributed by atoms with E-state index in [4.69, 9.17) is 10.5 Å². The van der Waals surface area contributed by atoms with Crippen LogP contribution >= 0.6 is 0 Å². The van der Waals surface area contributed by atoms with Crippen LogP contribution in [0.5, 0.6) is 5.75 Å². The van der Waals surface area contributed by atoms with Crippen molar-refractivity contribution in [3.8, 4) is 5.75 Å². The smallest absolute Gasteiger partial charge is 0.148 e. The molecule has 0 saturated heterocycles. The van der Waals surface area contributed by atoms with Gasteiger partial charge < -0.3 is 4.74 Å². The first-order chi connectivity index (χ1) is 5.36. The Morgan fingerprint density at radius 3 is 3.09 bits per heavy atom. The molecule has 1 heterocycles. The number of fused-ring (bicyclic) bond motifs is 1. The summed E-state index contributed by atoms with van der Waals surface area (Å²) in [6.45, 7) is 0. The molecule has 0 fully saturated rings. The van der Waals surface area contributed by atoms with E-state index < -0.39 is 0 Å². The minimum absolute atomic E-state index is 0.107. The van der Waals surface area contributed by atoms with E-state index in [0.29, 0.717) is 0 Å². The van der Waals surface area contributed by atoms with E-state index in [1.807, 2.05) is 18.2 Å². The van der Waals surface area contributed by atoms with Gasteiger partial charge in [0.25, 0.3) is 0 Å². The Labute approximate surface area is 66.0 Å². The molecule has 0 aliphatic carbocycles. The quantitative estimate of drug-likeness (QED) is 0.603. The van der Waals surface area contributed by atoms with Gasteiger partial charge in [0, 0.05) is 6.42 Å². The highest BCUT2D eigenvalue weighted by molar-refractivity contribution is 5.34. The van der Waals surface area contributed by atoms with Crippen LogP contribution in [0.1, 0.15) is 12.0 Å². The number of ether oxygens (including phenoxy) is 1. The van der Waals surface area contributed by atoms with Gasteiger partial charge in [-0.25, -0.2) is 0 Å². The second-order valence-electron chi connectivity index (χ2n) is 2.80. The maximum absolute atomic E-state index is 5.63. The molecule has 0 radical (unpaired) electrons. The minimum Gasteiger partial charge on any atom is -0.475 e. The minimum atomic E-state index is -0.107. The summed E-state index contributed by atoms with van der Waals surface area (Å²) in [6.07, 6.45) is 1.86. The molecule has 0 bridgehead atoms. The van der Waals surface area contributed by atoms with Crippen molar-refractivity contribution in [3.63, 3.8) is 0 Å². The lowest BCUT2D eigenvalue weighted by Gasteiger charge is -2.22. The number of benzene rings is 1. The number of para-hydroxylation sites is 1. The van der Waals surface area contributed by atoms with Crippen LogP contribution in [0.2, 0.25) is 0 Å². The zero-order valence-electron chi connectivity index (χ0n) is 6.29. The highest BCUT2D eigenvalue weighted by atomic mass is 16.5. The number of hydrogen-bond acceptors (Lipinski definition) is 2. The van der Waals surface area contributed by atoms with Crippen molar-refractivity contribution in [1.29, 1.82) is 0 Å². The molecule has 1 atom stereocenters. The largest absolute Gasteiger partial charge is 0.475 e. The Bertz CT molecular complexity index is 259. The molecule has 58 valence electrons. The normalized spacial score (nSPS) is 22.1. The molecule has 1 aliphatic heterocycles. The van der Waals surface area contributed by atoms with Gasteiger partial charge in [-0.05, 0) is 18.1 Å².